The highest BCUT2D eigenvalue weighted by molar-refractivity contribution is 9.10. The van der Waals surface area contributed by atoms with E-state index in [1.807, 2.05) is 24.3 Å². The van der Waals surface area contributed by atoms with Gasteiger partial charge in [-0.05, 0) is 42.5 Å². The third-order valence-electron chi connectivity index (χ3n) is 2.77. The van der Waals surface area contributed by atoms with Crippen LogP contribution >= 0.6 is 27.3 Å². The Hall–Kier alpha value is -1.92. The molecule has 100 valence electrons. The number of nitrogens with zero attached hydrogens (tertiary/aromatic N) is 1. The molecule has 0 unspecified atom stereocenters. The molecule has 20 heavy (non-hydrogen) atoms. The summed E-state index contributed by atoms with van der Waals surface area (Å²) in [6, 6.07) is 12.8. The Kier molecular flexibility index (Phi) is 3.42. The second-order valence-corrected chi connectivity index (χ2v) is 6.17. The minimum absolute atomic E-state index is 0.152. The molecule has 1 aromatic heterocycles. The Bertz CT molecular complexity index is 783. The first-order chi connectivity index (χ1) is 9.61. The number of nitrogens with two attached hydrogens (primary N) is 1. The van der Waals surface area contributed by atoms with Crippen LogP contribution in [0.4, 0.5) is 10.8 Å². The zero-order valence-electron chi connectivity index (χ0n) is 10.3. The van der Waals surface area contributed by atoms with E-state index in [1.165, 1.54) is 11.3 Å². The Morgan fingerprint density at radius 3 is 2.70 bits per heavy atom. The van der Waals surface area contributed by atoms with E-state index < -0.39 is 0 Å². The molecule has 3 aromatic rings. The highest BCUT2D eigenvalue weighted by Gasteiger charge is 2.09. The Morgan fingerprint density at radius 2 is 1.95 bits per heavy atom. The van der Waals surface area contributed by atoms with Crippen LogP contribution in [0.25, 0.3) is 10.2 Å². The molecule has 4 nitrogen and oxygen atoms in total. The van der Waals surface area contributed by atoms with Gasteiger partial charge in [-0.1, -0.05) is 27.3 Å². The van der Waals surface area contributed by atoms with Crippen molar-refractivity contribution in [3.63, 3.8) is 0 Å². The number of nitrogens with one attached hydrogen (secondary N) is 1. The summed E-state index contributed by atoms with van der Waals surface area (Å²) in [5.74, 6) is -0.152. The van der Waals surface area contributed by atoms with Crippen LogP contribution in [0.15, 0.2) is 46.9 Å². The first kappa shape index (κ1) is 13.1. The molecular formula is C14H10BrN3OS. The van der Waals surface area contributed by atoms with Gasteiger partial charge in [-0.25, -0.2) is 4.98 Å². The Labute approximate surface area is 127 Å². The normalized spacial score (nSPS) is 10.7. The van der Waals surface area contributed by atoms with Gasteiger partial charge in [0, 0.05) is 15.7 Å². The van der Waals surface area contributed by atoms with Crippen molar-refractivity contribution in [3.8, 4) is 0 Å². The lowest BCUT2D eigenvalue weighted by Gasteiger charge is -2.05. The second kappa shape index (κ2) is 5.22. The highest BCUT2D eigenvalue weighted by Crippen LogP contribution is 2.25. The number of benzene rings is 2. The fourth-order valence-electron chi connectivity index (χ4n) is 1.82. The molecule has 1 heterocycles. The average molecular weight is 348 g/mol. The lowest BCUT2D eigenvalue weighted by atomic mass is 10.2. The molecule has 0 saturated heterocycles. The van der Waals surface area contributed by atoms with E-state index in [1.54, 1.807) is 18.2 Å². The molecule has 0 aliphatic heterocycles. The lowest BCUT2D eigenvalue weighted by molar-refractivity contribution is 0.102. The van der Waals surface area contributed by atoms with Gasteiger partial charge in [0.2, 0.25) is 0 Å². The third-order valence-corrected chi connectivity index (χ3v) is 4.15. The topological polar surface area (TPSA) is 68.0 Å². The number of hydrogen-bond donors (Lipinski definition) is 2. The second-order valence-electron chi connectivity index (χ2n) is 4.20. The van der Waals surface area contributed by atoms with Gasteiger partial charge in [-0.15, -0.1) is 0 Å². The maximum atomic E-state index is 12.2. The zero-order chi connectivity index (χ0) is 14.1. The molecule has 3 N–H and O–H groups in total. The van der Waals surface area contributed by atoms with Crippen LogP contribution in [-0.2, 0) is 0 Å². The number of amides is 1. The van der Waals surface area contributed by atoms with Gasteiger partial charge in [-0.2, -0.15) is 0 Å². The number of nitrogen functional groups attached to an aromatic ring is 1. The standard InChI is InChI=1S/C14H10BrN3OS/c15-9-2-4-10(5-3-9)17-13(19)8-1-6-11-12(7-8)20-14(16)18-11/h1-7H,(H2,16,18)(H,17,19). The lowest BCUT2D eigenvalue weighted by Crippen LogP contribution is -2.11. The van der Waals surface area contributed by atoms with Crippen molar-refractivity contribution in [3.05, 3.63) is 52.5 Å². The number of carbonyl (C=O) groups is 1. The van der Waals surface area contributed by atoms with Gasteiger partial charge in [0.25, 0.3) is 5.91 Å². The van der Waals surface area contributed by atoms with Crippen LogP contribution < -0.4 is 11.1 Å². The van der Waals surface area contributed by atoms with Crippen LogP contribution in [0.1, 0.15) is 10.4 Å². The van der Waals surface area contributed by atoms with Gasteiger partial charge < -0.3 is 11.1 Å². The number of rotatable bonds is 2. The molecule has 0 atom stereocenters. The predicted octanol–water partition coefficient (Wildman–Crippen LogP) is 3.89. The number of hydrogen-bond acceptors (Lipinski definition) is 4. The van der Waals surface area contributed by atoms with Crippen molar-refractivity contribution in [2.45, 2.75) is 0 Å². The first-order valence-corrected chi connectivity index (χ1v) is 7.46. The van der Waals surface area contributed by atoms with Crippen molar-refractivity contribution >= 4 is 54.2 Å². The number of thiazole rings is 1. The SMILES string of the molecule is Nc1nc2ccc(C(=O)Nc3ccc(Br)cc3)cc2s1. The maximum Gasteiger partial charge on any atom is 0.255 e. The predicted molar refractivity (Wildman–Crippen MR) is 86.1 cm³/mol. The third kappa shape index (κ3) is 2.66. The summed E-state index contributed by atoms with van der Waals surface area (Å²) in [6.07, 6.45) is 0. The Morgan fingerprint density at radius 1 is 1.20 bits per heavy atom. The van der Waals surface area contributed by atoms with Crippen LogP contribution in [0, 0.1) is 0 Å². The van der Waals surface area contributed by atoms with Gasteiger partial charge >= 0.3 is 0 Å². The highest BCUT2D eigenvalue weighted by atomic mass is 79.9. The molecule has 0 aliphatic rings. The van der Waals surface area contributed by atoms with Crippen LogP contribution in [0.2, 0.25) is 0 Å². The van der Waals surface area contributed by atoms with Gasteiger partial charge in [0.05, 0.1) is 10.2 Å². The zero-order valence-corrected chi connectivity index (χ0v) is 12.7. The summed E-state index contributed by atoms with van der Waals surface area (Å²) in [5.41, 5.74) is 7.81. The number of anilines is 2. The van der Waals surface area contributed by atoms with E-state index in [4.69, 9.17) is 5.73 Å². The molecule has 0 fully saturated rings. The number of aromatic nitrogens is 1. The van der Waals surface area contributed by atoms with Crippen molar-refractivity contribution in [2.75, 3.05) is 11.1 Å². The summed E-state index contributed by atoms with van der Waals surface area (Å²) < 4.78 is 1.88. The summed E-state index contributed by atoms with van der Waals surface area (Å²) in [6.45, 7) is 0. The van der Waals surface area contributed by atoms with E-state index in [-0.39, 0.29) is 5.91 Å². The van der Waals surface area contributed by atoms with Crippen LogP contribution in [0.5, 0.6) is 0 Å². The largest absolute Gasteiger partial charge is 0.375 e. The molecule has 3 rings (SSSR count). The van der Waals surface area contributed by atoms with Crippen LogP contribution in [-0.4, -0.2) is 10.9 Å². The monoisotopic (exact) mass is 347 g/mol. The molecule has 6 heteroatoms. The van der Waals surface area contributed by atoms with Gasteiger partial charge in [0.15, 0.2) is 5.13 Å². The summed E-state index contributed by atoms with van der Waals surface area (Å²) in [4.78, 5) is 16.3. The molecule has 0 saturated carbocycles. The molecule has 0 bridgehead atoms. The Balaban J connectivity index is 1.86. The summed E-state index contributed by atoms with van der Waals surface area (Å²) >= 11 is 4.73. The fraction of sp³-hybridized carbons (Fsp3) is 0. The molecular weight excluding hydrogens is 338 g/mol. The van der Waals surface area contributed by atoms with Crippen molar-refractivity contribution in [2.24, 2.45) is 0 Å². The van der Waals surface area contributed by atoms with Gasteiger partial charge in [-0.3, -0.25) is 4.79 Å². The molecule has 0 spiro atoms. The van der Waals surface area contributed by atoms with E-state index in [0.717, 1.165) is 20.4 Å². The minimum Gasteiger partial charge on any atom is -0.375 e. The fourth-order valence-corrected chi connectivity index (χ4v) is 2.86. The number of halogens is 1. The quantitative estimate of drug-likeness (QED) is 0.738. The summed E-state index contributed by atoms with van der Waals surface area (Å²) in [5, 5.41) is 3.36. The molecule has 1 amide bonds. The first-order valence-electron chi connectivity index (χ1n) is 5.85. The number of fused-ring (bicyclic) bond motifs is 1. The van der Waals surface area contributed by atoms with E-state index in [9.17, 15) is 4.79 Å². The number of carbonyl (C=O) groups excluding carboxylic acids is 1. The van der Waals surface area contributed by atoms with E-state index >= 15 is 0 Å². The summed E-state index contributed by atoms with van der Waals surface area (Å²) in [7, 11) is 0. The van der Waals surface area contributed by atoms with Crippen LogP contribution in [0.3, 0.4) is 0 Å². The van der Waals surface area contributed by atoms with Crippen molar-refractivity contribution in [1.29, 1.82) is 0 Å². The molecule has 0 aliphatic carbocycles. The molecule has 0 radical (unpaired) electrons. The maximum absolute atomic E-state index is 12.2. The van der Waals surface area contributed by atoms with E-state index in [0.29, 0.717) is 10.7 Å². The minimum atomic E-state index is -0.152. The van der Waals surface area contributed by atoms with Gasteiger partial charge in [0.1, 0.15) is 0 Å². The average Bonchev–Trinajstić information content (AvgIpc) is 2.80. The smallest absolute Gasteiger partial charge is 0.255 e. The van der Waals surface area contributed by atoms with Crippen molar-refractivity contribution < 1.29 is 4.79 Å². The van der Waals surface area contributed by atoms with Crippen molar-refractivity contribution in [1.82, 2.24) is 4.98 Å². The molecule has 2 aromatic carbocycles. The van der Waals surface area contributed by atoms with E-state index in [2.05, 4.69) is 26.2 Å².